The Labute approximate surface area is 695 Å². The number of nitrogens with zero attached hydrogens (tertiary/aromatic N) is 3. The molecule has 9 rings (SSSR count). The summed E-state index contributed by atoms with van der Waals surface area (Å²) in [5.74, 6) is -20.0. The van der Waals surface area contributed by atoms with Crippen LogP contribution in [0.3, 0.4) is 0 Å². The summed E-state index contributed by atoms with van der Waals surface area (Å²) in [5, 5.41) is 66.7. The molecule has 4 fully saturated rings. The number of para-hydroxylation sites is 2. The third-order valence-corrected chi connectivity index (χ3v) is 22.4. The Kier molecular flexibility index (Phi) is 32.6. The number of aliphatic carboxylic acids is 2. The molecule has 39 nitrogen and oxygen atoms in total. The van der Waals surface area contributed by atoms with Crippen LogP contribution in [0.4, 0.5) is 0 Å². The Balaban J connectivity index is 1.13. The number of imidazole rings is 1. The van der Waals surface area contributed by atoms with Crippen LogP contribution >= 0.6 is 11.8 Å². The molecule has 40 heteroatoms. The van der Waals surface area contributed by atoms with Gasteiger partial charge < -0.3 is 109 Å². The maximum atomic E-state index is 15.5. The Morgan fingerprint density at radius 1 is 0.483 bits per heavy atom. The van der Waals surface area contributed by atoms with Gasteiger partial charge in [0.1, 0.15) is 84.6 Å². The molecule has 19 N–H and O–H groups in total. The third-order valence-electron chi connectivity index (χ3n) is 21.3. The molecule has 0 aliphatic carbocycles. The highest BCUT2D eigenvalue weighted by molar-refractivity contribution is 7.99. The SMILES string of the molecule is CC(C)C[C@@H]1NC(=O)[C@H](Cc2cnc[nH]2)NC(=O)[C@H](Cc2c[nH]c3ccccc23)NC(=O)[C@H](C)NC(=O)[C@@H]2CCSC[C@H](NC(=O)[C@H](Cc3c[nH]c4ccccc34)NC(=O)[C@H](C(C)C)NC(=O)[C@H](CC(C)C)NC(=O)[C@H](CCC(=O)O)NC(=O)CNC1=O)C(=O)N[C@@H]([C@@H](C)O)C(=O)N1CCC[C@@H]1C(=O)N1CCC[C@H]1C(=O)N[C@@H](CC(=O)O)C(=O)N2. The molecule has 2 aromatic carbocycles. The molecule has 7 heterocycles. The van der Waals surface area contributed by atoms with E-state index in [9.17, 15) is 72.9 Å². The van der Waals surface area contributed by atoms with Gasteiger partial charge in [-0.3, -0.25) is 81.5 Å². The predicted molar refractivity (Wildman–Crippen MR) is 434 cm³/mol. The summed E-state index contributed by atoms with van der Waals surface area (Å²) in [6, 6.07) is -8.44. The number of rotatable bonds is 17. The first-order valence-electron chi connectivity index (χ1n) is 40.3. The molecule has 15 atom stereocenters. The van der Waals surface area contributed by atoms with Gasteiger partial charge in [0.2, 0.25) is 88.6 Å². The van der Waals surface area contributed by atoms with Crippen molar-refractivity contribution in [2.75, 3.05) is 31.1 Å². The number of aliphatic hydroxyl groups is 1. The maximum Gasteiger partial charge on any atom is 0.305 e. The van der Waals surface area contributed by atoms with E-state index in [2.05, 4.69) is 89.1 Å². The fourth-order valence-electron chi connectivity index (χ4n) is 15.0. The van der Waals surface area contributed by atoms with Gasteiger partial charge in [0, 0.05) is 90.6 Å². The first-order chi connectivity index (χ1) is 57.0. The van der Waals surface area contributed by atoms with Crippen LogP contribution in [0.15, 0.2) is 73.4 Å². The standard InChI is InChI=1S/C80H109N19O20S/c1-39(2)27-53-68(107)84-36-62(101)87-51(21-22-63(102)103)70(109)91-54(28-40(3)4)75(114)96-65(41(5)6)78(117)94-56(30-45-34-83-50-18-12-10-16-48(45)50)72(111)95-59-37-120-26-23-52(88-74(113)58(32-64(104)105)93-77(116)60-19-13-24-98(60)79(118)61-20-14-25-99(61)80(119)66(43(8)100)97-76(59)115)69(108)86-42(7)67(106)89-55(29-44-33-82-49-17-11-9-15-47(44)49)71(110)92-57(73(112)90-53)31-46-35-81-38-85-46/h9-12,15-18,33-35,38-43,51-61,65-66,82-83,100H,13-14,19-32,36-37H2,1-8H3,(H,81,85)(H,84,107)(H,86,108)(H,87,101)(H,88,113)(H,89,106)(H,90,112)(H,91,109)(H,92,110)(H,93,116)(H,94,117)(H,95,111)(H,96,114)(H,97,115)(H,102,103)(H,104,105)/t42-,43+,51-,52-,53-,54-,55-,56-,57-,58-,59-,60-,61+,65-,66-/m0/s1. The van der Waals surface area contributed by atoms with Gasteiger partial charge in [0.05, 0.1) is 25.4 Å². The number of benzene rings is 2. The number of fused-ring (bicyclic) bond motifs is 9. The second-order valence-corrected chi connectivity index (χ2v) is 33.1. The average molecular weight is 1690 g/mol. The monoisotopic (exact) mass is 1690 g/mol. The first kappa shape index (κ1) is 91.9. The van der Waals surface area contributed by atoms with Crippen LogP contribution in [0, 0.1) is 17.8 Å². The quantitative estimate of drug-likeness (QED) is 0.0477. The highest BCUT2D eigenvalue weighted by Gasteiger charge is 2.47. The fraction of sp³-hybridized carbons (Fsp3) is 0.550. The van der Waals surface area contributed by atoms with E-state index < -0.39 is 235 Å². The molecule has 5 aromatic rings. The zero-order valence-electron chi connectivity index (χ0n) is 68.1. The number of hydrogen-bond acceptors (Lipinski definition) is 20. The summed E-state index contributed by atoms with van der Waals surface area (Å²) in [5.41, 5.74) is 2.52. The number of aliphatic hydroxyl groups excluding tert-OH is 1. The van der Waals surface area contributed by atoms with E-state index in [4.69, 9.17) is 0 Å². The lowest BCUT2D eigenvalue weighted by molar-refractivity contribution is -0.149. The summed E-state index contributed by atoms with van der Waals surface area (Å²) >= 11 is 0.876. The van der Waals surface area contributed by atoms with Crippen molar-refractivity contribution in [2.45, 2.75) is 230 Å². The molecule has 3 aromatic heterocycles. The molecule has 4 saturated heterocycles. The fourth-order valence-corrected chi connectivity index (χ4v) is 16.0. The number of aromatic nitrogens is 4. The largest absolute Gasteiger partial charge is 0.481 e. The van der Waals surface area contributed by atoms with E-state index in [0.29, 0.717) is 38.6 Å². The normalized spacial score (nSPS) is 26.5. The van der Waals surface area contributed by atoms with E-state index >= 15 is 24.0 Å². The summed E-state index contributed by atoms with van der Waals surface area (Å²) in [6.45, 7) is 11.6. The summed E-state index contributed by atoms with van der Waals surface area (Å²) in [7, 11) is 0. The summed E-state index contributed by atoms with van der Waals surface area (Å²) in [4.78, 5) is 263. The number of hydrogen-bond donors (Lipinski definition) is 19. The van der Waals surface area contributed by atoms with Crippen molar-refractivity contribution < 1.29 is 96.8 Å². The van der Waals surface area contributed by atoms with Crippen LogP contribution in [-0.4, -0.2) is 267 Å². The minimum atomic E-state index is -1.93. The van der Waals surface area contributed by atoms with Gasteiger partial charge in [0.25, 0.3) is 0 Å². The molecule has 4 aliphatic rings. The van der Waals surface area contributed by atoms with E-state index in [1.54, 1.807) is 102 Å². The molecular formula is C80H109N19O20S. The topological polar surface area (TPSA) is 574 Å². The minimum Gasteiger partial charge on any atom is -0.481 e. The van der Waals surface area contributed by atoms with Gasteiger partial charge in [-0.05, 0) is 112 Å². The van der Waals surface area contributed by atoms with Crippen molar-refractivity contribution in [2.24, 2.45) is 17.8 Å². The molecule has 4 aliphatic heterocycles. The lowest BCUT2D eigenvalue weighted by atomic mass is 9.98. The van der Waals surface area contributed by atoms with Crippen LogP contribution in [0.5, 0.6) is 0 Å². The van der Waals surface area contributed by atoms with Crippen LogP contribution in [0.2, 0.25) is 0 Å². The van der Waals surface area contributed by atoms with E-state index in [0.717, 1.165) is 16.7 Å². The Hall–Kier alpha value is -12.0. The highest BCUT2D eigenvalue weighted by atomic mass is 32.2. The summed E-state index contributed by atoms with van der Waals surface area (Å²) < 4.78 is 0. The number of carbonyl (C=O) groups excluding carboxylic acids is 15. The number of H-pyrrole nitrogens is 3. The Morgan fingerprint density at radius 2 is 0.975 bits per heavy atom. The molecule has 0 spiro atoms. The molecule has 2 bridgehead atoms. The summed E-state index contributed by atoms with van der Waals surface area (Å²) in [6.07, 6.45) is 0.983. The van der Waals surface area contributed by atoms with Crippen molar-refractivity contribution in [3.8, 4) is 0 Å². The number of carboxylic acid groups (broad SMARTS) is 2. The number of carboxylic acids is 2. The number of carbonyl (C=O) groups is 17. The van der Waals surface area contributed by atoms with Gasteiger partial charge in [-0.15, -0.1) is 0 Å². The van der Waals surface area contributed by atoms with Crippen molar-refractivity contribution in [3.05, 3.63) is 90.3 Å². The van der Waals surface area contributed by atoms with Gasteiger partial charge in [-0.1, -0.05) is 77.9 Å². The molecule has 0 unspecified atom stereocenters. The van der Waals surface area contributed by atoms with Crippen LogP contribution in [0.25, 0.3) is 21.8 Å². The Bertz CT molecular complexity index is 4590. The number of amides is 15. The minimum absolute atomic E-state index is 0.0237. The second-order valence-electron chi connectivity index (χ2n) is 32.0. The predicted octanol–water partition coefficient (Wildman–Crippen LogP) is -2.05. The van der Waals surface area contributed by atoms with Gasteiger partial charge in [-0.2, -0.15) is 11.8 Å². The zero-order chi connectivity index (χ0) is 87.3. The first-order valence-corrected chi connectivity index (χ1v) is 41.5. The van der Waals surface area contributed by atoms with Crippen molar-refractivity contribution >= 4 is 134 Å². The molecule has 650 valence electrons. The van der Waals surface area contributed by atoms with Gasteiger partial charge >= 0.3 is 11.9 Å². The number of aromatic amines is 3. The molecule has 0 radical (unpaired) electrons. The van der Waals surface area contributed by atoms with Crippen LogP contribution in [0.1, 0.15) is 136 Å². The maximum absolute atomic E-state index is 15.5. The van der Waals surface area contributed by atoms with Gasteiger partial charge in [0.15, 0.2) is 0 Å². The molecule has 0 saturated carbocycles. The van der Waals surface area contributed by atoms with E-state index in [1.807, 2.05) is 0 Å². The van der Waals surface area contributed by atoms with E-state index in [1.165, 1.54) is 31.3 Å². The lowest BCUT2D eigenvalue weighted by Crippen LogP contribution is -2.63. The molecule has 15 amide bonds. The van der Waals surface area contributed by atoms with Crippen LogP contribution < -0.4 is 69.1 Å². The Morgan fingerprint density at radius 3 is 1.54 bits per heavy atom. The smallest absolute Gasteiger partial charge is 0.305 e. The van der Waals surface area contributed by atoms with Crippen molar-refractivity contribution in [1.29, 1.82) is 0 Å². The number of nitrogens with one attached hydrogen (secondary N) is 16. The van der Waals surface area contributed by atoms with Crippen molar-refractivity contribution in [1.82, 2.24) is 98.9 Å². The second kappa shape index (κ2) is 42.6. The van der Waals surface area contributed by atoms with Crippen LogP contribution in [-0.2, 0) is 101 Å². The van der Waals surface area contributed by atoms with E-state index in [-0.39, 0.29) is 88.5 Å². The average Bonchev–Trinajstić information content (AvgIpc) is 1.53. The van der Waals surface area contributed by atoms with Gasteiger partial charge in [-0.25, -0.2) is 4.98 Å². The molecular weight excluding hydrogens is 1580 g/mol. The lowest BCUT2D eigenvalue weighted by Gasteiger charge is -2.34. The zero-order valence-corrected chi connectivity index (χ0v) is 68.9. The van der Waals surface area contributed by atoms with Crippen molar-refractivity contribution in [3.63, 3.8) is 0 Å². The molecule has 120 heavy (non-hydrogen) atoms. The highest BCUT2D eigenvalue weighted by Crippen LogP contribution is 2.28. The number of thioether (sulfide) groups is 1. The third kappa shape index (κ3) is 25.1.